The number of rotatable bonds is 6. The van der Waals surface area contributed by atoms with Crippen LogP contribution in [0.2, 0.25) is 0 Å². The van der Waals surface area contributed by atoms with Crippen molar-refractivity contribution in [2.24, 2.45) is 7.05 Å². The zero-order chi connectivity index (χ0) is 22.5. The molecule has 0 spiro atoms. The summed E-state index contributed by atoms with van der Waals surface area (Å²) in [6, 6.07) is 6.82. The Bertz CT molecular complexity index is 1420. The van der Waals surface area contributed by atoms with Gasteiger partial charge in [0.25, 0.3) is 10.0 Å². The van der Waals surface area contributed by atoms with Crippen molar-refractivity contribution in [1.82, 2.24) is 24.5 Å². The van der Waals surface area contributed by atoms with E-state index in [4.69, 9.17) is 9.47 Å². The fraction of sp³-hybridized carbons (Fsp3) is 0.250. The molecular weight excluding hydrogens is 436 g/mol. The summed E-state index contributed by atoms with van der Waals surface area (Å²) in [7, 11) is -0.818. The lowest BCUT2D eigenvalue weighted by Gasteiger charge is -2.36. The number of pyridine rings is 1. The number of aliphatic hydroxyl groups is 1. The average Bonchev–Trinajstić information content (AvgIpc) is 3.40. The predicted molar refractivity (Wildman–Crippen MR) is 114 cm³/mol. The quantitative estimate of drug-likeness (QED) is 0.442. The molecule has 0 atom stereocenters. The molecule has 12 heteroatoms. The highest BCUT2D eigenvalue weighted by Crippen LogP contribution is 2.35. The molecule has 3 aromatic heterocycles. The van der Waals surface area contributed by atoms with Crippen molar-refractivity contribution in [3.63, 3.8) is 0 Å². The molecule has 5 rings (SSSR count). The summed E-state index contributed by atoms with van der Waals surface area (Å²) in [5.74, 6) is 0.734. The number of aromatic nitrogens is 5. The van der Waals surface area contributed by atoms with E-state index in [-0.39, 0.29) is 23.8 Å². The number of benzene rings is 1. The van der Waals surface area contributed by atoms with Crippen molar-refractivity contribution >= 4 is 26.6 Å². The van der Waals surface area contributed by atoms with E-state index in [1.807, 2.05) is 0 Å². The van der Waals surface area contributed by atoms with E-state index in [2.05, 4.69) is 19.9 Å². The van der Waals surface area contributed by atoms with Gasteiger partial charge in [-0.25, -0.2) is 18.1 Å². The maximum Gasteiger partial charge on any atom is 0.265 e. The number of hydrogen-bond acceptors (Lipinski definition) is 8. The maximum absolute atomic E-state index is 13.1. The van der Waals surface area contributed by atoms with Gasteiger partial charge in [0.1, 0.15) is 21.9 Å². The Hall–Kier alpha value is -3.48. The van der Waals surface area contributed by atoms with Gasteiger partial charge >= 0.3 is 0 Å². The van der Waals surface area contributed by atoms with Crippen LogP contribution in [0.1, 0.15) is 5.56 Å². The van der Waals surface area contributed by atoms with Gasteiger partial charge in [-0.3, -0.25) is 9.40 Å². The summed E-state index contributed by atoms with van der Waals surface area (Å²) in [5.41, 5.74) is 0.426. The number of hydrogen-bond donors (Lipinski definition) is 2. The van der Waals surface area contributed by atoms with Crippen LogP contribution in [0.25, 0.3) is 16.7 Å². The topological polar surface area (TPSA) is 133 Å². The summed E-state index contributed by atoms with van der Waals surface area (Å²) in [4.78, 5) is 4.18. The fourth-order valence-corrected chi connectivity index (χ4v) is 4.58. The van der Waals surface area contributed by atoms with Crippen LogP contribution >= 0.6 is 0 Å². The number of nitrogens with zero attached hydrogens (tertiary/aromatic N) is 5. The standard InChI is InChI=1S/C20H20N6O5S/c1-25-19-13(8-22-25)3-4-16(30-2)18(19)24-32(28,29)15-9-23-26(10-15)17-7-14(5-6-21-17)20(27)11-31-12-20/h3-10,24,27H,11-12H2,1-2H3. The molecule has 0 amide bonds. The highest BCUT2D eigenvalue weighted by atomic mass is 32.2. The van der Waals surface area contributed by atoms with E-state index in [0.717, 1.165) is 5.39 Å². The molecule has 1 aliphatic heterocycles. The fourth-order valence-electron chi connectivity index (χ4n) is 3.58. The number of fused-ring (bicyclic) bond motifs is 1. The highest BCUT2D eigenvalue weighted by Gasteiger charge is 2.38. The van der Waals surface area contributed by atoms with Crippen molar-refractivity contribution in [1.29, 1.82) is 0 Å². The number of methoxy groups -OCH3 is 1. The van der Waals surface area contributed by atoms with Crippen molar-refractivity contribution in [2.75, 3.05) is 25.0 Å². The normalized spacial score (nSPS) is 15.5. The number of sulfonamides is 1. The van der Waals surface area contributed by atoms with Crippen LogP contribution in [-0.2, 0) is 27.4 Å². The Morgan fingerprint density at radius 2 is 2.03 bits per heavy atom. The van der Waals surface area contributed by atoms with Gasteiger partial charge in [0.2, 0.25) is 0 Å². The molecule has 0 radical (unpaired) electrons. The van der Waals surface area contributed by atoms with Crippen LogP contribution in [0, 0.1) is 0 Å². The van der Waals surface area contributed by atoms with E-state index in [1.54, 1.807) is 42.2 Å². The largest absolute Gasteiger partial charge is 0.494 e. The Morgan fingerprint density at radius 3 is 2.75 bits per heavy atom. The second-order valence-electron chi connectivity index (χ2n) is 7.50. The first kappa shape index (κ1) is 20.4. The molecule has 11 nitrogen and oxygen atoms in total. The zero-order valence-corrected chi connectivity index (χ0v) is 18.1. The maximum atomic E-state index is 13.1. The van der Waals surface area contributed by atoms with Crippen molar-refractivity contribution in [3.05, 3.63) is 54.6 Å². The summed E-state index contributed by atoms with van der Waals surface area (Å²) in [5, 5.41) is 19.6. The molecule has 1 fully saturated rings. The number of ether oxygens (including phenoxy) is 2. The monoisotopic (exact) mass is 456 g/mol. The smallest absolute Gasteiger partial charge is 0.265 e. The molecule has 2 N–H and O–H groups in total. The minimum absolute atomic E-state index is 0.0587. The van der Waals surface area contributed by atoms with Crippen LogP contribution in [-0.4, -0.2) is 58.4 Å². The molecule has 1 aromatic carbocycles. The molecular formula is C20H20N6O5S. The predicted octanol–water partition coefficient (Wildman–Crippen LogP) is 1.18. The summed E-state index contributed by atoms with van der Waals surface area (Å²) in [6.07, 6.45) is 5.76. The minimum atomic E-state index is -4.00. The molecule has 4 aromatic rings. The van der Waals surface area contributed by atoms with Crippen molar-refractivity contribution in [2.45, 2.75) is 10.5 Å². The molecule has 32 heavy (non-hydrogen) atoms. The molecule has 166 valence electrons. The van der Waals surface area contributed by atoms with Crippen LogP contribution in [0.5, 0.6) is 5.75 Å². The van der Waals surface area contributed by atoms with Gasteiger partial charge in [0.05, 0.1) is 44.4 Å². The van der Waals surface area contributed by atoms with Crippen molar-refractivity contribution < 1.29 is 23.0 Å². The van der Waals surface area contributed by atoms with E-state index >= 15 is 0 Å². The molecule has 0 unspecified atom stereocenters. The van der Waals surface area contributed by atoms with Gasteiger partial charge < -0.3 is 14.6 Å². The molecule has 0 aliphatic carbocycles. The zero-order valence-electron chi connectivity index (χ0n) is 17.3. The summed E-state index contributed by atoms with van der Waals surface area (Å²) >= 11 is 0. The van der Waals surface area contributed by atoms with Gasteiger partial charge in [-0.1, -0.05) is 0 Å². The molecule has 1 aliphatic rings. The lowest BCUT2D eigenvalue weighted by atomic mass is 9.93. The Kier molecular flexibility index (Phi) is 4.65. The Balaban J connectivity index is 1.49. The third kappa shape index (κ3) is 3.28. The molecule has 0 saturated carbocycles. The van der Waals surface area contributed by atoms with Gasteiger partial charge in [-0.15, -0.1) is 0 Å². The first-order chi connectivity index (χ1) is 15.3. The first-order valence-corrected chi connectivity index (χ1v) is 11.1. The average molecular weight is 456 g/mol. The Labute approximate surface area is 183 Å². The molecule has 4 heterocycles. The van der Waals surface area contributed by atoms with Crippen LogP contribution in [0.15, 0.2) is 53.9 Å². The van der Waals surface area contributed by atoms with E-state index < -0.39 is 15.6 Å². The van der Waals surface area contributed by atoms with Gasteiger partial charge in [-0.05, 0) is 29.8 Å². The van der Waals surface area contributed by atoms with Crippen LogP contribution in [0.3, 0.4) is 0 Å². The van der Waals surface area contributed by atoms with Crippen LogP contribution in [0.4, 0.5) is 5.69 Å². The Morgan fingerprint density at radius 1 is 1.22 bits per heavy atom. The van der Waals surface area contributed by atoms with E-state index in [0.29, 0.717) is 22.6 Å². The van der Waals surface area contributed by atoms with Crippen molar-refractivity contribution in [3.8, 4) is 11.6 Å². The van der Waals surface area contributed by atoms with Crippen LogP contribution < -0.4 is 9.46 Å². The summed E-state index contributed by atoms with van der Waals surface area (Å²) in [6.45, 7) is 0.390. The number of nitrogens with one attached hydrogen (secondary N) is 1. The molecule has 0 bridgehead atoms. The van der Waals surface area contributed by atoms with Gasteiger partial charge in [0.15, 0.2) is 5.82 Å². The van der Waals surface area contributed by atoms with Gasteiger partial charge in [0, 0.05) is 18.6 Å². The SMILES string of the molecule is COc1ccc2cnn(C)c2c1NS(=O)(=O)c1cnn(-c2cc(C3(O)COC3)ccn2)c1. The third-order valence-electron chi connectivity index (χ3n) is 5.39. The first-order valence-electron chi connectivity index (χ1n) is 9.64. The second-order valence-corrected chi connectivity index (χ2v) is 9.18. The lowest BCUT2D eigenvalue weighted by molar-refractivity contribution is -0.184. The highest BCUT2D eigenvalue weighted by molar-refractivity contribution is 7.92. The number of aryl methyl sites for hydroxylation is 1. The number of anilines is 1. The lowest BCUT2D eigenvalue weighted by Crippen LogP contribution is -2.46. The summed E-state index contributed by atoms with van der Waals surface area (Å²) < 4.78 is 42.3. The third-order valence-corrected chi connectivity index (χ3v) is 6.69. The van der Waals surface area contributed by atoms with E-state index in [1.165, 1.54) is 30.4 Å². The molecule has 1 saturated heterocycles. The second kappa shape index (κ2) is 7.29. The minimum Gasteiger partial charge on any atom is -0.494 e. The van der Waals surface area contributed by atoms with E-state index in [9.17, 15) is 13.5 Å². The van der Waals surface area contributed by atoms with Gasteiger partial charge in [-0.2, -0.15) is 10.2 Å².